The van der Waals surface area contributed by atoms with Gasteiger partial charge < -0.3 is 9.84 Å². The van der Waals surface area contributed by atoms with Gasteiger partial charge in [0, 0.05) is 12.3 Å². The number of aromatic nitrogens is 4. The van der Waals surface area contributed by atoms with Gasteiger partial charge in [-0.2, -0.15) is 10.1 Å². The summed E-state index contributed by atoms with van der Waals surface area (Å²) in [7, 11) is 0. The van der Waals surface area contributed by atoms with E-state index in [1.807, 2.05) is 17.7 Å². The summed E-state index contributed by atoms with van der Waals surface area (Å²) >= 11 is 1.41. The Labute approximate surface area is 182 Å². The molecule has 3 aromatic heterocycles. The second-order valence-electron chi connectivity index (χ2n) is 8.08. The Balaban J connectivity index is 1.43. The van der Waals surface area contributed by atoms with E-state index in [4.69, 9.17) is 4.52 Å². The molecule has 5 rings (SSSR count). The molecule has 0 aliphatic heterocycles. The maximum Gasteiger partial charge on any atom is 0.262 e. The fraction of sp³-hybridized carbons (Fsp3) is 0.364. The average Bonchev–Trinajstić information content (AvgIpc) is 3.51. The molecule has 1 fully saturated rings. The van der Waals surface area contributed by atoms with E-state index in [1.54, 1.807) is 19.1 Å². The third-order valence-corrected chi connectivity index (χ3v) is 6.99. The minimum atomic E-state index is -0.583. The van der Waals surface area contributed by atoms with E-state index < -0.39 is 5.54 Å². The molecule has 1 aliphatic carbocycles. The van der Waals surface area contributed by atoms with E-state index >= 15 is 0 Å². The Kier molecular flexibility index (Phi) is 4.85. The summed E-state index contributed by atoms with van der Waals surface area (Å²) < 4.78 is 20.3. The first kappa shape index (κ1) is 19.9. The highest BCUT2D eigenvalue weighted by molar-refractivity contribution is 7.20. The zero-order chi connectivity index (χ0) is 21.6. The molecule has 3 heterocycles. The van der Waals surface area contributed by atoms with E-state index in [-0.39, 0.29) is 11.7 Å². The van der Waals surface area contributed by atoms with Crippen molar-refractivity contribution in [3.63, 3.8) is 0 Å². The van der Waals surface area contributed by atoms with Crippen molar-refractivity contribution in [2.45, 2.75) is 51.6 Å². The van der Waals surface area contributed by atoms with Crippen molar-refractivity contribution in [3.05, 3.63) is 64.0 Å². The number of fused-ring (bicyclic) bond motifs is 1. The first-order chi connectivity index (χ1) is 14.9. The molecule has 4 aromatic rings. The molecule has 1 amide bonds. The summed E-state index contributed by atoms with van der Waals surface area (Å²) in [6.45, 7) is 4.19. The largest absolute Gasteiger partial charge is 0.340 e. The first-order valence-corrected chi connectivity index (χ1v) is 11.1. The molecular weight excluding hydrogens is 417 g/mol. The number of amides is 1. The summed E-state index contributed by atoms with van der Waals surface area (Å²) in [5.41, 5.74) is 1.22. The number of rotatable bonds is 5. The van der Waals surface area contributed by atoms with Gasteiger partial charge in [-0.3, -0.25) is 9.48 Å². The van der Waals surface area contributed by atoms with Crippen LogP contribution >= 0.6 is 11.3 Å². The van der Waals surface area contributed by atoms with Crippen LogP contribution in [0.1, 0.15) is 58.3 Å². The van der Waals surface area contributed by atoms with Crippen molar-refractivity contribution in [3.8, 4) is 0 Å². The van der Waals surface area contributed by atoms with E-state index in [0.717, 1.165) is 47.2 Å². The van der Waals surface area contributed by atoms with Gasteiger partial charge in [0.25, 0.3) is 5.91 Å². The second kappa shape index (κ2) is 7.56. The van der Waals surface area contributed by atoms with Crippen LogP contribution in [0, 0.1) is 19.7 Å². The number of carbonyl (C=O) groups is 1. The van der Waals surface area contributed by atoms with Crippen LogP contribution < -0.4 is 5.32 Å². The van der Waals surface area contributed by atoms with Crippen LogP contribution in [0.4, 0.5) is 4.39 Å². The molecule has 0 saturated heterocycles. The monoisotopic (exact) mass is 439 g/mol. The predicted octanol–water partition coefficient (Wildman–Crippen LogP) is 4.48. The van der Waals surface area contributed by atoms with Gasteiger partial charge in [0.2, 0.25) is 5.89 Å². The Morgan fingerprint density at radius 2 is 2.00 bits per heavy atom. The molecule has 1 aliphatic rings. The summed E-state index contributed by atoms with van der Waals surface area (Å²) in [6.07, 6.45) is 3.60. The maximum atomic E-state index is 13.2. The number of hydrogen-bond donors (Lipinski definition) is 1. The predicted molar refractivity (Wildman–Crippen MR) is 114 cm³/mol. The molecule has 0 radical (unpaired) electrons. The Morgan fingerprint density at radius 1 is 1.26 bits per heavy atom. The van der Waals surface area contributed by atoms with Crippen molar-refractivity contribution in [1.82, 2.24) is 25.2 Å². The number of hydrogen-bond acceptors (Lipinski definition) is 6. The number of benzene rings is 1. The van der Waals surface area contributed by atoms with Crippen LogP contribution in [-0.4, -0.2) is 25.8 Å². The normalized spacial score (nSPS) is 15.6. The average molecular weight is 440 g/mol. The molecule has 0 unspecified atom stereocenters. The highest BCUT2D eigenvalue weighted by Gasteiger charge is 2.41. The van der Waals surface area contributed by atoms with Gasteiger partial charge in [-0.15, -0.1) is 11.3 Å². The van der Waals surface area contributed by atoms with Gasteiger partial charge in [-0.25, -0.2) is 4.39 Å². The van der Waals surface area contributed by atoms with Gasteiger partial charge >= 0.3 is 0 Å². The minimum Gasteiger partial charge on any atom is -0.340 e. The third kappa shape index (κ3) is 3.63. The second-order valence-corrected chi connectivity index (χ2v) is 9.11. The highest BCUT2D eigenvalue weighted by atomic mass is 32.1. The molecule has 0 atom stereocenters. The van der Waals surface area contributed by atoms with Gasteiger partial charge in [0.1, 0.15) is 16.2 Å². The number of nitrogens with zero attached hydrogens (tertiary/aromatic N) is 4. The lowest BCUT2D eigenvalue weighted by atomic mass is 9.96. The van der Waals surface area contributed by atoms with Crippen LogP contribution in [-0.2, 0) is 12.1 Å². The smallest absolute Gasteiger partial charge is 0.262 e. The molecule has 1 aromatic carbocycles. The van der Waals surface area contributed by atoms with Gasteiger partial charge in [-0.1, -0.05) is 30.1 Å². The Morgan fingerprint density at radius 3 is 2.68 bits per heavy atom. The zero-order valence-corrected chi connectivity index (χ0v) is 18.1. The lowest BCUT2D eigenvalue weighted by Crippen LogP contribution is -2.44. The quantitative estimate of drug-likeness (QED) is 0.495. The molecular formula is C22H22FN5O2S. The molecule has 160 valence electrons. The Bertz CT molecular complexity index is 1250. The Hall–Kier alpha value is -3.07. The topological polar surface area (TPSA) is 85.8 Å². The van der Waals surface area contributed by atoms with Crippen LogP contribution in [0.3, 0.4) is 0 Å². The van der Waals surface area contributed by atoms with Crippen LogP contribution in [0.5, 0.6) is 0 Å². The molecule has 7 nitrogen and oxygen atoms in total. The molecule has 0 bridgehead atoms. The molecule has 0 spiro atoms. The highest BCUT2D eigenvalue weighted by Crippen LogP contribution is 2.38. The summed E-state index contributed by atoms with van der Waals surface area (Å²) in [4.78, 5) is 19.1. The molecule has 1 saturated carbocycles. The van der Waals surface area contributed by atoms with Crippen LogP contribution in [0.25, 0.3) is 10.2 Å². The minimum absolute atomic E-state index is 0.140. The number of aryl methyl sites for hydroxylation is 2. The van der Waals surface area contributed by atoms with Crippen molar-refractivity contribution in [1.29, 1.82) is 0 Å². The molecule has 1 N–H and O–H groups in total. The zero-order valence-electron chi connectivity index (χ0n) is 17.3. The summed E-state index contributed by atoms with van der Waals surface area (Å²) in [5.74, 6) is 0.640. The van der Waals surface area contributed by atoms with Crippen molar-refractivity contribution in [2.24, 2.45) is 0 Å². The fourth-order valence-electron chi connectivity index (χ4n) is 4.25. The first-order valence-electron chi connectivity index (χ1n) is 10.3. The van der Waals surface area contributed by atoms with Crippen molar-refractivity contribution in [2.75, 3.05) is 0 Å². The lowest BCUT2D eigenvalue weighted by molar-refractivity contribution is 0.0896. The van der Waals surface area contributed by atoms with Gasteiger partial charge in [0.05, 0.1) is 17.1 Å². The SMILES string of the molecule is Cc1nc(C2(NC(=O)c3cc4c(C)nn(Cc5ccc(F)cc5)c4s3)CCCC2)no1. The van der Waals surface area contributed by atoms with E-state index in [1.165, 1.54) is 23.5 Å². The van der Waals surface area contributed by atoms with Gasteiger partial charge in [-0.05, 0) is 43.5 Å². The number of thiophene rings is 1. The van der Waals surface area contributed by atoms with Gasteiger partial charge in [0.15, 0.2) is 5.82 Å². The fourth-order valence-corrected chi connectivity index (χ4v) is 5.31. The standard InChI is InChI=1S/C22H22FN5O2S/c1-13-17-11-18(31-20(17)28(26-13)12-15-5-7-16(23)8-6-15)19(29)25-22(9-3-4-10-22)21-24-14(2)30-27-21/h5-8,11H,3-4,9-10,12H2,1-2H3,(H,25,29). The number of nitrogens with one attached hydrogen (secondary N) is 1. The molecule has 31 heavy (non-hydrogen) atoms. The van der Waals surface area contributed by atoms with E-state index in [0.29, 0.717) is 23.1 Å². The number of halogens is 1. The van der Waals surface area contributed by atoms with E-state index in [9.17, 15) is 9.18 Å². The van der Waals surface area contributed by atoms with E-state index in [2.05, 4.69) is 20.6 Å². The van der Waals surface area contributed by atoms with Crippen LogP contribution in [0.2, 0.25) is 0 Å². The van der Waals surface area contributed by atoms with Crippen molar-refractivity contribution < 1.29 is 13.7 Å². The molecule has 9 heteroatoms. The summed E-state index contributed by atoms with van der Waals surface area (Å²) in [5, 5.41) is 12.8. The van der Waals surface area contributed by atoms with Crippen LogP contribution in [0.15, 0.2) is 34.9 Å². The summed E-state index contributed by atoms with van der Waals surface area (Å²) in [6, 6.07) is 8.27. The van der Waals surface area contributed by atoms with Crippen molar-refractivity contribution >= 4 is 27.5 Å². The number of carbonyl (C=O) groups excluding carboxylic acids is 1. The lowest BCUT2D eigenvalue weighted by Gasteiger charge is -2.26. The third-order valence-electron chi connectivity index (χ3n) is 5.84. The maximum absolute atomic E-state index is 13.2.